The summed E-state index contributed by atoms with van der Waals surface area (Å²) >= 11 is 0. The van der Waals surface area contributed by atoms with E-state index < -0.39 is 0 Å². The number of amides is 1. The number of carbonyl (C=O) groups is 1. The molecule has 0 aliphatic carbocycles. The molecule has 1 amide bonds. The van der Waals surface area contributed by atoms with Crippen LogP contribution in [0.5, 0.6) is 5.75 Å². The van der Waals surface area contributed by atoms with Crippen molar-refractivity contribution in [3.8, 4) is 5.75 Å². The summed E-state index contributed by atoms with van der Waals surface area (Å²) in [5.74, 6) is 0.881. The van der Waals surface area contributed by atoms with Crippen molar-refractivity contribution in [3.05, 3.63) is 65.2 Å². The Morgan fingerprint density at radius 2 is 1.89 bits per heavy atom. The molecule has 2 aromatic carbocycles. The van der Waals surface area contributed by atoms with E-state index in [1.807, 2.05) is 62.4 Å². The van der Waals surface area contributed by atoms with Gasteiger partial charge < -0.3 is 20.1 Å². The molecule has 2 aromatic rings. The topological polar surface area (TPSA) is 59.6 Å². The van der Waals surface area contributed by atoms with Crippen LogP contribution in [0.2, 0.25) is 0 Å². The SMILES string of the molecule is Cc1cccc(C)c1OCC(NC(=O)CC1COCCN1)c1ccccc1.Cl. The van der Waals surface area contributed by atoms with Crippen LogP contribution < -0.4 is 15.4 Å². The summed E-state index contributed by atoms with van der Waals surface area (Å²) in [5.41, 5.74) is 3.22. The zero-order valence-electron chi connectivity index (χ0n) is 16.4. The summed E-state index contributed by atoms with van der Waals surface area (Å²) in [5, 5.41) is 6.45. The molecule has 0 bridgehead atoms. The van der Waals surface area contributed by atoms with Crippen molar-refractivity contribution in [2.45, 2.75) is 32.4 Å². The highest BCUT2D eigenvalue weighted by Crippen LogP contribution is 2.24. The van der Waals surface area contributed by atoms with Crippen LogP contribution in [0.3, 0.4) is 0 Å². The molecule has 1 heterocycles. The maximum atomic E-state index is 12.6. The molecule has 0 aromatic heterocycles. The largest absolute Gasteiger partial charge is 0.491 e. The number of ether oxygens (including phenoxy) is 2. The maximum Gasteiger partial charge on any atom is 0.222 e. The van der Waals surface area contributed by atoms with Gasteiger partial charge >= 0.3 is 0 Å². The number of aryl methyl sites for hydroxylation is 2. The van der Waals surface area contributed by atoms with E-state index in [0.29, 0.717) is 26.2 Å². The lowest BCUT2D eigenvalue weighted by molar-refractivity contribution is -0.123. The van der Waals surface area contributed by atoms with Gasteiger partial charge in [0.15, 0.2) is 0 Å². The number of para-hydroxylation sites is 1. The molecule has 1 aliphatic rings. The van der Waals surface area contributed by atoms with Crippen LogP contribution in [-0.2, 0) is 9.53 Å². The van der Waals surface area contributed by atoms with E-state index in [-0.39, 0.29) is 30.4 Å². The zero-order chi connectivity index (χ0) is 19.1. The van der Waals surface area contributed by atoms with Crippen LogP contribution >= 0.6 is 12.4 Å². The van der Waals surface area contributed by atoms with Crippen LogP contribution in [0.15, 0.2) is 48.5 Å². The summed E-state index contributed by atoms with van der Waals surface area (Å²) in [6.07, 6.45) is 0.396. The molecular weight excluding hydrogens is 376 g/mol. The average molecular weight is 405 g/mol. The van der Waals surface area contributed by atoms with Gasteiger partial charge in [-0.25, -0.2) is 0 Å². The van der Waals surface area contributed by atoms with Gasteiger partial charge in [-0.1, -0.05) is 48.5 Å². The third kappa shape index (κ3) is 6.23. The predicted octanol–water partition coefficient (Wildman–Crippen LogP) is 3.34. The van der Waals surface area contributed by atoms with Crippen molar-refractivity contribution >= 4 is 18.3 Å². The number of nitrogens with one attached hydrogen (secondary N) is 2. The first kappa shape index (κ1) is 22.2. The predicted molar refractivity (Wildman–Crippen MR) is 113 cm³/mol. The fourth-order valence-electron chi connectivity index (χ4n) is 3.33. The number of hydrogen-bond donors (Lipinski definition) is 2. The van der Waals surface area contributed by atoms with Gasteiger partial charge in [0.1, 0.15) is 12.4 Å². The monoisotopic (exact) mass is 404 g/mol. The second-order valence-corrected chi connectivity index (χ2v) is 6.99. The molecule has 3 rings (SSSR count). The molecule has 2 unspecified atom stereocenters. The first-order valence-electron chi connectivity index (χ1n) is 9.48. The third-order valence-electron chi connectivity index (χ3n) is 4.77. The van der Waals surface area contributed by atoms with E-state index in [1.54, 1.807) is 0 Å². The van der Waals surface area contributed by atoms with Gasteiger partial charge in [0, 0.05) is 19.0 Å². The minimum Gasteiger partial charge on any atom is -0.491 e. The van der Waals surface area contributed by atoms with Crippen LogP contribution in [0.4, 0.5) is 0 Å². The minimum atomic E-state index is -0.206. The lowest BCUT2D eigenvalue weighted by Gasteiger charge is -2.25. The molecule has 5 nitrogen and oxygen atoms in total. The Balaban J connectivity index is 0.00000280. The van der Waals surface area contributed by atoms with E-state index in [9.17, 15) is 4.79 Å². The van der Waals surface area contributed by atoms with Gasteiger partial charge in [-0.05, 0) is 30.5 Å². The molecule has 1 saturated heterocycles. The van der Waals surface area contributed by atoms with Crippen molar-refractivity contribution in [2.75, 3.05) is 26.4 Å². The second kappa shape index (κ2) is 11.1. The second-order valence-electron chi connectivity index (χ2n) is 6.99. The van der Waals surface area contributed by atoms with E-state index in [2.05, 4.69) is 10.6 Å². The number of benzene rings is 2. The Morgan fingerprint density at radius 1 is 1.18 bits per heavy atom. The standard InChI is InChI=1S/C22H28N2O3.ClH/c1-16-7-6-8-17(2)22(16)27-15-20(18-9-4-3-5-10-18)24-21(25)13-19-14-26-12-11-23-19;/h3-10,19-20,23H,11-15H2,1-2H3,(H,24,25);1H. The number of carbonyl (C=O) groups excluding carboxylic acids is 1. The maximum absolute atomic E-state index is 12.6. The molecular formula is C22H29ClN2O3. The lowest BCUT2D eigenvalue weighted by atomic mass is 10.1. The molecule has 152 valence electrons. The van der Waals surface area contributed by atoms with Gasteiger partial charge in [-0.15, -0.1) is 12.4 Å². The number of hydrogen-bond acceptors (Lipinski definition) is 4. The molecule has 28 heavy (non-hydrogen) atoms. The van der Waals surface area contributed by atoms with Gasteiger partial charge in [0.05, 0.1) is 19.3 Å². The minimum absolute atomic E-state index is 0. The zero-order valence-corrected chi connectivity index (χ0v) is 17.3. The number of morpholine rings is 1. The Bertz CT molecular complexity index is 728. The molecule has 1 fully saturated rings. The van der Waals surface area contributed by atoms with E-state index >= 15 is 0 Å². The number of halogens is 1. The fraction of sp³-hybridized carbons (Fsp3) is 0.409. The Hall–Kier alpha value is -2.08. The average Bonchev–Trinajstić information content (AvgIpc) is 2.68. The van der Waals surface area contributed by atoms with Crippen molar-refractivity contribution in [1.29, 1.82) is 0 Å². The molecule has 0 saturated carbocycles. The first-order valence-corrected chi connectivity index (χ1v) is 9.48. The summed E-state index contributed by atoms with van der Waals surface area (Å²) in [7, 11) is 0. The Morgan fingerprint density at radius 3 is 2.54 bits per heavy atom. The normalized spacial score (nSPS) is 17.3. The molecule has 2 atom stereocenters. The highest BCUT2D eigenvalue weighted by Gasteiger charge is 2.21. The van der Waals surface area contributed by atoms with Crippen molar-refractivity contribution in [2.24, 2.45) is 0 Å². The summed E-state index contributed by atoms with van der Waals surface area (Å²) in [6, 6.07) is 15.9. The molecule has 1 aliphatic heterocycles. The van der Waals surface area contributed by atoms with Crippen LogP contribution in [0.25, 0.3) is 0 Å². The van der Waals surface area contributed by atoms with Crippen molar-refractivity contribution in [3.63, 3.8) is 0 Å². The number of rotatable bonds is 7. The van der Waals surface area contributed by atoms with Crippen molar-refractivity contribution in [1.82, 2.24) is 10.6 Å². The summed E-state index contributed by atoms with van der Waals surface area (Å²) in [6.45, 7) is 6.52. The molecule has 0 radical (unpaired) electrons. The quantitative estimate of drug-likeness (QED) is 0.743. The van der Waals surface area contributed by atoms with Gasteiger partial charge in [-0.3, -0.25) is 4.79 Å². The first-order chi connectivity index (χ1) is 13.1. The van der Waals surface area contributed by atoms with Crippen LogP contribution in [-0.4, -0.2) is 38.3 Å². The van der Waals surface area contributed by atoms with Crippen LogP contribution in [0, 0.1) is 13.8 Å². The van der Waals surface area contributed by atoms with Gasteiger partial charge in [-0.2, -0.15) is 0 Å². The van der Waals surface area contributed by atoms with Crippen LogP contribution in [0.1, 0.15) is 29.2 Å². The lowest BCUT2D eigenvalue weighted by Crippen LogP contribution is -2.45. The third-order valence-corrected chi connectivity index (χ3v) is 4.77. The highest BCUT2D eigenvalue weighted by molar-refractivity contribution is 5.85. The summed E-state index contributed by atoms with van der Waals surface area (Å²) < 4.78 is 11.6. The highest BCUT2D eigenvalue weighted by atomic mass is 35.5. The Kier molecular flexibility index (Phi) is 8.77. The molecule has 0 spiro atoms. The molecule has 2 N–H and O–H groups in total. The Labute approximate surface area is 173 Å². The van der Waals surface area contributed by atoms with E-state index in [1.165, 1.54) is 0 Å². The summed E-state index contributed by atoms with van der Waals surface area (Å²) in [4.78, 5) is 12.6. The van der Waals surface area contributed by atoms with Crippen molar-refractivity contribution < 1.29 is 14.3 Å². The van der Waals surface area contributed by atoms with Gasteiger partial charge in [0.25, 0.3) is 0 Å². The van der Waals surface area contributed by atoms with E-state index in [4.69, 9.17) is 9.47 Å². The smallest absolute Gasteiger partial charge is 0.222 e. The van der Waals surface area contributed by atoms with E-state index in [0.717, 1.165) is 29.0 Å². The van der Waals surface area contributed by atoms with Gasteiger partial charge in [0.2, 0.25) is 5.91 Å². The molecule has 6 heteroatoms. The fourth-order valence-corrected chi connectivity index (χ4v) is 3.33.